The SMILES string of the molecule is O=C(C1=C[C@H](C2CCCC2)C[C@H](OCc2ccc(CO)cc2)O1)N1CCN(Cc2ccc3c(c2)OCO3)CC1. The van der Waals surface area contributed by atoms with Crippen molar-refractivity contribution in [2.45, 2.75) is 58.2 Å². The topological polar surface area (TPSA) is 80.7 Å². The number of hydrogen-bond acceptors (Lipinski definition) is 7. The quantitative estimate of drug-likeness (QED) is 0.544. The van der Waals surface area contributed by atoms with Crippen LogP contribution in [0.3, 0.4) is 0 Å². The minimum Gasteiger partial charge on any atom is -0.459 e. The van der Waals surface area contributed by atoms with Crippen molar-refractivity contribution in [3.8, 4) is 11.5 Å². The second kappa shape index (κ2) is 12.0. The molecule has 0 spiro atoms. The van der Waals surface area contributed by atoms with Crippen LogP contribution in [-0.2, 0) is 34.0 Å². The van der Waals surface area contributed by atoms with Gasteiger partial charge in [0.05, 0.1) is 13.2 Å². The number of benzene rings is 2. The second-order valence-corrected chi connectivity index (χ2v) is 11.1. The van der Waals surface area contributed by atoms with Gasteiger partial charge in [-0.25, -0.2) is 0 Å². The predicted octanol–water partition coefficient (Wildman–Crippen LogP) is 4.21. The van der Waals surface area contributed by atoms with Crippen LogP contribution >= 0.6 is 0 Å². The highest BCUT2D eigenvalue weighted by Crippen LogP contribution is 2.39. The van der Waals surface area contributed by atoms with Crippen LogP contribution in [0.1, 0.15) is 48.8 Å². The monoisotopic (exact) mass is 534 g/mol. The Morgan fingerprint density at radius 1 is 0.923 bits per heavy atom. The minimum absolute atomic E-state index is 0.0266. The lowest BCUT2D eigenvalue weighted by molar-refractivity contribution is -0.161. The first kappa shape index (κ1) is 26.2. The Morgan fingerprint density at radius 3 is 2.41 bits per heavy atom. The summed E-state index contributed by atoms with van der Waals surface area (Å²) in [5.74, 6) is 2.91. The van der Waals surface area contributed by atoms with E-state index >= 15 is 0 Å². The molecule has 0 unspecified atom stereocenters. The summed E-state index contributed by atoms with van der Waals surface area (Å²) in [6, 6.07) is 13.8. The van der Waals surface area contributed by atoms with Gasteiger partial charge >= 0.3 is 0 Å². The first-order valence-corrected chi connectivity index (χ1v) is 14.2. The smallest absolute Gasteiger partial charge is 0.288 e. The molecule has 8 nitrogen and oxygen atoms in total. The van der Waals surface area contributed by atoms with E-state index < -0.39 is 6.29 Å². The summed E-state index contributed by atoms with van der Waals surface area (Å²) < 4.78 is 23.3. The lowest BCUT2D eigenvalue weighted by Gasteiger charge is -2.37. The number of aliphatic hydroxyl groups is 1. The molecule has 1 N–H and O–H groups in total. The molecule has 6 rings (SSSR count). The molecular weight excluding hydrogens is 496 g/mol. The Labute approximate surface area is 230 Å². The fourth-order valence-electron chi connectivity index (χ4n) is 6.14. The first-order chi connectivity index (χ1) is 19.1. The van der Waals surface area contributed by atoms with E-state index in [0.717, 1.165) is 48.7 Å². The number of aliphatic hydroxyl groups excluding tert-OH is 1. The van der Waals surface area contributed by atoms with E-state index in [2.05, 4.69) is 17.0 Å². The van der Waals surface area contributed by atoms with Gasteiger partial charge < -0.3 is 29.0 Å². The normalized spacial score (nSPS) is 23.5. The molecule has 39 heavy (non-hydrogen) atoms. The Hall–Kier alpha value is -3.07. The van der Waals surface area contributed by atoms with Gasteiger partial charge in [-0.3, -0.25) is 9.69 Å². The molecule has 2 aromatic rings. The number of ether oxygens (including phenoxy) is 4. The van der Waals surface area contributed by atoms with Crippen LogP contribution in [0.5, 0.6) is 11.5 Å². The van der Waals surface area contributed by atoms with E-state index in [9.17, 15) is 9.90 Å². The Balaban J connectivity index is 1.06. The predicted molar refractivity (Wildman–Crippen MR) is 145 cm³/mol. The number of nitrogens with zero attached hydrogens (tertiary/aromatic N) is 2. The van der Waals surface area contributed by atoms with Crippen molar-refractivity contribution in [1.82, 2.24) is 9.80 Å². The molecule has 0 radical (unpaired) electrons. The summed E-state index contributed by atoms with van der Waals surface area (Å²) in [5, 5.41) is 9.29. The third-order valence-corrected chi connectivity index (χ3v) is 8.45. The number of hydrogen-bond donors (Lipinski definition) is 1. The van der Waals surface area contributed by atoms with Crippen molar-refractivity contribution < 1.29 is 28.8 Å². The first-order valence-electron chi connectivity index (χ1n) is 14.2. The molecular formula is C31H38N2O6. The molecule has 4 aliphatic rings. The van der Waals surface area contributed by atoms with Gasteiger partial charge in [0, 0.05) is 39.1 Å². The lowest BCUT2D eigenvalue weighted by Crippen LogP contribution is -2.49. The molecule has 2 aromatic carbocycles. The minimum atomic E-state index is -0.440. The molecule has 1 saturated carbocycles. The van der Waals surface area contributed by atoms with Crippen molar-refractivity contribution in [3.63, 3.8) is 0 Å². The van der Waals surface area contributed by atoms with Crippen LogP contribution in [-0.4, -0.2) is 60.1 Å². The fraction of sp³-hybridized carbons (Fsp3) is 0.516. The molecule has 208 valence electrons. The largest absolute Gasteiger partial charge is 0.459 e. The van der Waals surface area contributed by atoms with E-state index in [0.29, 0.717) is 37.3 Å². The maximum absolute atomic E-state index is 13.6. The van der Waals surface area contributed by atoms with E-state index in [-0.39, 0.29) is 19.3 Å². The van der Waals surface area contributed by atoms with Crippen LogP contribution in [0.4, 0.5) is 0 Å². The highest BCUT2D eigenvalue weighted by Gasteiger charge is 2.35. The van der Waals surface area contributed by atoms with Crippen molar-refractivity contribution >= 4 is 5.91 Å². The Kier molecular flexibility index (Phi) is 8.04. The maximum atomic E-state index is 13.6. The molecule has 3 aliphatic heterocycles. The van der Waals surface area contributed by atoms with Gasteiger partial charge in [-0.05, 0) is 59.6 Å². The zero-order valence-electron chi connectivity index (χ0n) is 22.4. The third kappa shape index (κ3) is 6.24. The molecule has 8 heteroatoms. The molecule has 2 fully saturated rings. The van der Waals surface area contributed by atoms with Crippen molar-refractivity contribution in [1.29, 1.82) is 0 Å². The Bertz CT molecular complexity index is 1170. The van der Waals surface area contributed by atoms with Gasteiger partial charge in [0.1, 0.15) is 0 Å². The van der Waals surface area contributed by atoms with Gasteiger partial charge in [0.15, 0.2) is 17.3 Å². The molecule has 2 atom stereocenters. The van der Waals surface area contributed by atoms with Gasteiger partial charge in [0.25, 0.3) is 5.91 Å². The molecule has 0 bridgehead atoms. The van der Waals surface area contributed by atoms with Gasteiger partial charge in [-0.1, -0.05) is 43.2 Å². The number of piperazine rings is 1. The summed E-state index contributed by atoms with van der Waals surface area (Å²) in [5.41, 5.74) is 3.08. The fourth-order valence-corrected chi connectivity index (χ4v) is 6.14. The van der Waals surface area contributed by atoms with Crippen molar-refractivity contribution in [2.75, 3.05) is 33.0 Å². The standard InChI is InChI=1S/C31H38N2O6/c34-19-22-5-7-23(8-6-22)20-36-30-17-26(25-3-1-2-4-25)16-29(39-30)31(35)33-13-11-32(12-14-33)18-24-9-10-27-28(15-24)38-21-37-27/h5-10,15-16,25-26,30,34H,1-4,11-14,17-21H2/t26-,30+/m0/s1. The number of allylic oxidation sites excluding steroid dienone is 1. The number of carbonyl (C=O) groups excluding carboxylic acids is 1. The maximum Gasteiger partial charge on any atom is 0.288 e. The van der Waals surface area contributed by atoms with Crippen LogP contribution < -0.4 is 9.47 Å². The number of carbonyl (C=O) groups is 1. The van der Waals surface area contributed by atoms with Crippen LogP contribution in [0.15, 0.2) is 54.3 Å². The zero-order valence-corrected chi connectivity index (χ0v) is 22.4. The average Bonchev–Trinajstić information content (AvgIpc) is 3.69. The van der Waals surface area contributed by atoms with E-state index in [4.69, 9.17) is 18.9 Å². The summed E-state index contributed by atoms with van der Waals surface area (Å²) in [6.45, 7) is 4.49. The van der Waals surface area contributed by atoms with Crippen LogP contribution in [0.25, 0.3) is 0 Å². The number of rotatable bonds is 8. The van der Waals surface area contributed by atoms with Crippen LogP contribution in [0.2, 0.25) is 0 Å². The summed E-state index contributed by atoms with van der Waals surface area (Å²) in [6.07, 6.45) is 7.35. The summed E-state index contributed by atoms with van der Waals surface area (Å²) in [7, 11) is 0. The second-order valence-electron chi connectivity index (χ2n) is 11.1. The van der Waals surface area contributed by atoms with E-state index in [1.165, 1.54) is 31.2 Å². The highest BCUT2D eigenvalue weighted by atomic mass is 16.7. The van der Waals surface area contributed by atoms with Gasteiger partial charge in [-0.15, -0.1) is 0 Å². The Morgan fingerprint density at radius 2 is 1.64 bits per heavy atom. The zero-order chi connectivity index (χ0) is 26.6. The third-order valence-electron chi connectivity index (χ3n) is 8.45. The summed E-state index contributed by atoms with van der Waals surface area (Å²) in [4.78, 5) is 17.9. The molecule has 0 aromatic heterocycles. The van der Waals surface area contributed by atoms with Crippen molar-refractivity contribution in [2.24, 2.45) is 11.8 Å². The van der Waals surface area contributed by atoms with E-state index in [1.807, 2.05) is 41.3 Å². The number of fused-ring (bicyclic) bond motifs is 1. The van der Waals surface area contributed by atoms with Crippen molar-refractivity contribution in [3.05, 3.63) is 71.0 Å². The molecule has 3 heterocycles. The molecule has 1 aliphatic carbocycles. The number of amides is 1. The average molecular weight is 535 g/mol. The summed E-state index contributed by atoms with van der Waals surface area (Å²) >= 11 is 0. The molecule has 1 amide bonds. The highest BCUT2D eigenvalue weighted by molar-refractivity contribution is 5.91. The van der Waals surface area contributed by atoms with Gasteiger partial charge in [-0.2, -0.15) is 0 Å². The van der Waals surface area contributed by atoms with Gasteiger partial charge in [0.2, 0.25) is 13.1 Å². The van der Waals surface area contributed by atoms with Crippen LogP contribution in [0, 0.1) is 11.8 Å². The van der Waals surface area contributed by atoms with E-state index in [1.54, 1.807) is 0 Å². The lowest BCUT2D eigenvalue weighted by atomic mass is 9.86. The molecule has 1 saturated heterocycles.